The van der Waals surface area contributed by atoms with E-state index in [1.54, 1.807) is 6.07 Å². The van der Waals surface area contributed by atoms with Gasteiger partial charge in [-0.05, 0) is 24.6 Å². The first kappa shape index (κ1) is 15.7. The number of benzene rings is 1. The predicted molar refractivity (Wildman–Crippen MR) is 74.4 cm³/mol. The van der Waals surface area contributed by atoms with Gasteiger partial charge in [-0.15, -0.1) is 0 Å². The van der Waals surface area contributed by atoms with Gasteiger partial charge < -0.3 is 9.52 Å². The zero-order chi connectivity index (χ0) is 15.6. The molecule has 1 heterocycles. The van der Waals surface area contributed by atoms with Crippen molar-refractivity contribution in [2.75, 3.05) is 7.05 Å². The Balaban J connectivity index is 2.28. The van der Waals surface area contributed by atoms with Crippen molar-refractivity contribution in [1.29, 1.82) is 0 Å². The van der Waals surface area contributed by atoms with E-state index in [0.29, 0.717) is 5.56 Å². The molecule has 2 aromatic rings. The fourth-order valence-corrected chi connectivity index (χ4v) is 3.34. The van der Waals surface area contributed by atoms with Gasteiger partial charge in [0.1, 0.15) is 28.8 Å². The smallest absolute Gasteiger partial charge is 0.246 e. The number of rotatable bonds is 5. The van der Waals surface area contributed by atoms with Crippen LogP contribution in [0.5, 0.6) is 0 Å². The molecule has 0 aliphatic heterocycles. The van der Waals surface area contributed by atoms with Gasteiger partial charge in [0.05, 0.1) is 0 Å². The van der Waals surface area contributed by atoms with Crippen molar-refractivity contribution in [3.8, 4) is 0 Å². The first-order valence-corrected chi connectivity index (χ1v) is 7.69. The van der Waals surface area contributed by atoms with Gasteiger partial charge in [0.25, 0.3) is 0 Å². The summed E-state index contributed by atoms with van der Waals surface area (Å²) in [6.45, 7) is 1.19. The SMILES string of the molecule is Cc1oc(CO)cc1S(=O)(=O)N(C)Cc1cccc(F)c1. The van der Waals surface area contributed by atoms with Crippen molar-refractivity contribution in [2.24, 2.45) is 0 Å². The molecule has 0 radical (unpaired) electrons. The van der Waals surface area contributed by atoms with E-state index in [9.17, 15) is 12.8 Å². The second-order valence-corrected chi connectivity index (χ2v) is 6.70. The van der Waals surface area contributed by atoms with Crippen LogP contribution in [0.1, 0.15) is 17.1 Å². The Kier molecular flexibility index (Phi) is 4.46. The molecule has 0 aliphatic carbocycles. The molecule has 0 fully saturated rings. The van der Waals surface area contributed by atoms with Crippen molar-refractivity contribution in [3.63, 3.8) is 0 Å². The molecule has 0 aliphatic rings. The topological polar surface area (TPSA) is 70.8 Å². The zero-order valence-corrected chi connectivity index (χ0v) is 12.5. The summed E-state index contributed by atoms with van der Waals surface area (Å²) in [5.41, 5.74) is 0.546. The maximum Gasteiger partial charge on any atom is 0.246 e. The molecule has 1 aromatic carbocycles. The van der Waals surface area contributed by atoms with Crippen molar-refractivity contribution >= 4 is 10.0 Å². The Morgan fingerprint density at radius 1 is 1.33 bits per heavy atom. The minimum absolute atomic E-state index is 0.00505. The lowest BCUT2D eigenvalue weighted by Gasteiger charge is -2.16. The molecular formula is C14H16FNO4S. The highest BCUT2D eigenvalue weighted by atomic mass is 32.2. The van der Waals surface area contributed by atoms with Gasteiger partial charge in [-0.2, -0.15) is 4.31 Å². The maximum absolute atomic E-state index is 13.1. The molecule has 21 heavy (non-hydrogen) atoms. The molecule has 0 spiro atoms. The third-order valence-corrected chi connectivity index (χ3v) is 4.97. The molecule has 0 amide bonds. The number of nitrogens with zero attached hydrogens (tertiary/aromatic N) is 1. The van der Waals surface area contributed by atoms with Gasteiger partial charge >= 0.3 is 0 Å². The molecule has 7 heteroatoms. The van der Waals surface area contributed by atoms with Crippen molar-refractivity contribution in [2.45, 2.75) is 25.0 Å². The molecule has 1 aromatic heterocycles. The molecule has 0 atom stereocenters. The molecule has 5 nitrogen and oxygen atoms in total. The van der Waals surface area contributed by atoms with E-state index in [-0.39, 0.29) is 29.6 Å². The second-order valence-electron chi connectivity index (χ2n) is 4.68. The molecule has 2 rings (SSSR count). The van der Waals surface area contributed by atoms with E-state index in [4.69, 9.17) is 9.52 Å². The molecule has 0 saturated heterocycles. The number of aliphatic hydroxyl groups excluding tert-OH is 1. The Labute approximate surface area is 122 Å². The maximum atomic E-state index is 13.1. The van der Waals surface area contributed by atoms with E-state index in [2.05, 4.69) is 0 Å². The number of halogens is 1. The average Bonchev–Trinajstić information content (AvgIpc) is 2.80. The van der Waals surface area contributed by atoms with E-state index in [0.717, 1.165) is 4.31 Å². The van der Waals surface area contributed by atoms with Gasteiger partial charge in [0.2, 0.25) is 10.0 Å². The first-order chi connectivity index (χ1) is 9.84. The van der Waals surface area contributed by atoms with Crippen molar-refractivity contribution in [3.05, 3.63) is 53.2 Å². The van der Waals surface area contributed by atoms with E-state index in [1.165, 1.54) is 38.2 Å². The lowest BCUT2D eigenvalue weighted by atomic mass is 10.2. The van der Waals surface area contributed by atoms with E-state index in [1.807, 2.05) is 0 Å². The molecule has 114 valence electrons. The summed E-state index contributed by atoms with van der Waals surface area (Å²) in [6, 6.07) is 7.06. The Morgan fingerprint density at radius 3 is 2.62 bits per heavy atom. The predicted octanol–water partition coefficient (Wildman–Crippen LogP) is 2.04. The molecule has 0 bridgehead atoms. The van der Waals surface area contributed by atoms with Crippen molar-refractivity contribution < 1.29 is 22.3 Å². The molecule has 1 N–H and O–H groups in total. The van der Waals surface area contributed by atoms with Crippen LogP contribution in [0.15, 0.2) is 39.6 Å². The minimum Gasteiger partial charge on any atom is -0.462 e. The summed E-state index contributed by atoms with van der Waals surface area (Å²) in [6.07, 6.45) is 0. The summed E-state index contributed by atoms with van der Waals surface area (Å²) < 4.78 is 44.3. The molecule has 0 unspecified atom stereocenters. The van der Waals surface area contributed by atoms with Crippen LogP contribution in [0.3, 0.4) is 0 Å². The number of hydrogen-bond acceptors (Lipinski definition) is 4. The molecule has 0 saturated carbocycles. The Hall–Kier alpha value is -1.70. The van der Waals surface area contributed by atoms with Crippen LogP contribution in [0, 0.1) is 12.7 Å². The third-order valence-electron chi connectivity index (χ3n) is 3.06. The summed E-state index contributed by atoms with van der Waals surface area (Å²) in [4.78, 5) is 0.00505. The van der Waals surface area contributed by atoms with E-state index >= 15 is 0 Å². The number of sulfonamides is 1. The summed E-state index contributed by atoms with van der Waals surface area (Å²) >= 11 is 0. The monoisotopic (exact) mass is 313 g/mol. The Morgan fingerprint density at radius 2 is 2.05 bits per heavy atom. The van der Waals surface area contributed by atoms with Crippen LogP contribution in [0.2, 0.25) is 0 Å². The van der Waals surface area contributed by atoms with E-state index < -0.39 is 15.8 Å². The summed E-state index contributed by atoms with van der Waals surface area (Å²) in [5, 5.41) is 9.00. The zero-order valence-electron chi connectivity index (χ0n) is 11.7. The largest absolute Gasteiger partial charge is 0.462 e. The minimum atomic E-state index is -3.76. The highest BCUT2D eigenvalue weighted by molar-refractivity contribution is 7.89. The van der Waals surface area contributed by atoms with Crippen LogP contribution >= 0.6 is 0 Å². The fraction of sp³-hybridized carbons (Fsp3) is 0.286. The van der Waals surface area contributed by atoms with Gasteiger partial charge in [-0.3, -0.25) is 0 Å². The van der Waals surface area contributed by atoms with Gasteiger partial charge in [0.15, 0.2) is 0 Å². The molecular weight excluding hydrogens is 297 g/mol. The summed E-state index contributed by atoms with van der Waals surface area (Å²) in [5.74, 6) is -0.0178. The third kappa shape index (κ3) is 3.31. The van der Waals surface area contributed by atoms with Crippen LogP contribution in [0.4, 0.5) is 4.39 Å². The quantitative estimate of drug-likeness (QED) is 0.917. The number of aryl methyl sites for hydroxylation is 1. The van der Waals surface area contributed by atoms with Crippen LogP contribution in [-0.4, -0.2) is 24.9 Å². The summed E-state index contributed by atoms with van der Waals surface area (Å²) in [7, 11) is -2.36. The number of aliphatic hydroxyl groups is 1. The second kappa shape index (κ2) is 5.97. The standard InChI is InChI=1S/C14H16FNO4S/c1-10-14(7-13(9-17)20-10)21(18,19)16(2)8-11-4-3-5-12(15)6-11/h3-7,17H,8-9H2,1-2H3. The first-order valence-electron chi connectivity index (χ1n) is 6.25. The lowest BCUT2D eigenvalue weighted by molar-refractivity contribution is 0.244. The average molecular weight is 313 g/mol. The van der Waals surface area contributed by atoms with Crippen LogP contribution < -0.4 is 0 Å². The van der Waals surface area contributed by atoms with Crippen LogP contribution in [0.25, 0.3) is 0 Å². The van der Waals surface area contributed by atoms with Crippen molar-refractivity contribution in [1.82, 2.24) is 4.31 Å². The fourth-order valence-electron chi connectivity index (χ4n) is 2.00. The van der Waals surface area contributed by atoms with Gasteiger partial charge in [-0.25, -0.2) is 12.8 Å². The van der Waals surface area contributed by atoms with Gasteiger partial charge in [0, 0.05) is 19.7 Å². The highest BCUT2D eigenvalue weighted by Crippen LogP contribution is 2.24. The Bertz CT molecular complexity index is 739. The normalized spacial score (nSPS) is 12.0. The number of furan rings is 1. The highest BCUT2D eigenvalue weighted by Gasteiger charge is 2.26. The van der Waals surface area contributed by atoms with Gasteiger partial charge in [-0.1, -0.05) is 12.1 Å². The number of hydrogen-bond donors (Lipinski definition) is 1. The lowest BCUT2D eigenvalue weighted by Crippen LogP contribution is -2.26. The van der Waals surface area contributed by atoms with Crippen LogP contribution in [-0.2, 0) is 23.2 Å².